The second-order valence-corrected chi connectivity index (χ2v) is 7.15. The number of hydrogen-bond acceptors (Lipinski definition) is 4. The minimum Gasteiger partial charge on any atom is -0.444 e. The summed E-state index contributed by atoms with van der Waals surface area (Å²) in [6.07, 6.45) is 2.63. The van der Waals surface area contributed by atoms with Gasteiger partial charge in [-0.25, -0.2) is 4.79 Å². The first kappa shape index (κ1) is 17.1. The third-order valence-electron chi connectivity index (χ3n) is 4.12. The number of carbonyl (C=O) groups excluding carboxylic acids is 2. The van der Waals surface area contributed by atoms with Gasteiger partial charge in [0.15, 0.2) is 0 Å². The van der Waals surface area contributed by atoms with E-state index in [2.05, 4.69) is 4.90 Å². The number of nitrogens with zero attached hydrogens (tertiary/aromatic N) is 3. The van der Waals surface area contributed by atoms with Gasteiger partial charge in [0.1, 0.15) is 5.60 Å². The molecule has 0 saturated carbocycles. The second kappa shape index (κ2) is 7.31. The highest BCUT2D eigenvalue weighted by molar-refractivity contribution is 5.76. The first-order chi connectivity index (χ1) is 10.3. The van der Waals surface area contributed by atoms with E-state index in [0.29, 0.717) is 19.5 Å². The summed E-state index contributed by atoms with van der Waals surface area (Å²) in [6, 6.07) is 0. The van der Waals surface area contributed by atoms with E-state index in [0.717, 1.165) is 45.6 Å². The molecule has 2 heterocycles. The average molecular weight is 311 g/mol. The summed E-state index contributed by atoms with van der Waals surface area (Å²) in [5, 5.41) is 0. The third kappa shape index (κ3) is 5.16. The average Bonchev–Trinajstić information content (AvgIpc) is 2.97. The van der Waals surface area contributed by atoms with E-state index in [4.69, 9.17) is 4.74 Å². The number of ether oxygens (including phenoxy) is 1. The van der Waals surface area contributed by atoms with Crippen molar-refractivity contribution in [1.29, 1.82) is 0 Å². The van der Waals surface area contributed by atoms with E-state index in [1.54, 1.807) is 4.90 Å². The van der Waals surface area contributed by atoms with Gasteiger partial charge in [0.2, 0.25) is 5.91 Å². The number of piperazine rings is 1. The number of amides is 2. The minimum atomic E-state index is -0.448. The van der Waals surface area contributed by atoms with Crippen molar-refractivity contribution in [1.82, 2.24) is 14.7 Å². The van der Waals surface area contributed by atoms with Crippen molar-refractivity contribution in [2.24, 2.45) is 0 Å². The van der Waals surface area contributed by atoms with Crippen molar-refractivity contribution in [2.45, 2.75) is 45.6 Å². The highest BCUT2D eigenvalue weighted by Crippen LogP contribution is 2.13. The zero-order valence-electron chi connectivity index (χ0n) is 14.1. The summed E-state index contributed by atoms with van der Waals surface area (Å²) < 4.78 is 5.39. The summed E-state index contributed by atoms with van der Waals surface area (Å²) in [5.74, 6) is 0.270. The number of likely N-dealkylation sites (tertiary alicyclic amines) is 1. The predicted octanol–water partition coefficient (Wildman–Crippen LogP) is 1.55. The van der Waals surface area contributed by atoms with Crippen LogP contribution in [-0.4, -0.2) is 78.1 Å². The second-order valence-electron chi connectivity index (χ2n) is 7.15. The Balaban J connectivity index is 1.66. The molecule has 2 rings (SSSR count). The van der Waals surface area contributed by atoms with Crippen LogP contribution in [0.5, 0.6) is 0 Å². The fraction of sp³-hybridized carbons (Fsp3) is 0.875. The lowest BCUT2D eigenvalue weighted by Crippen LogP contribution is -2.50. The largest absolute Gasteiger partial charge is 0.444 e. The SMILES string of the molecule is CC(C)(C)OC(=O)N1CCN(CCC(=O)N2CCCC2)CC1. The van der Waals surface area contributed by atoms with Crippen LogP contribution in [0.2, 0.25) is 0 Å². The molecule has 0 aromatic carbocycles. The zero-order chi connectivity index (χ0) is 16.2. The smallest absolute Gasteiger partial charge is 0.410 e. The van der Waals surface area contributed by atoms with Crippen LogP contribution in [-0.2, 0) is 9.53 Å². The molecule has 0 unspecified atom stereocenters. The van der Waals surface area contributed by atoms with Crippen LogP contribution in [0.25, 0.3) is 0 Å². The van der Waals surface area contributed by atoms with Crippen molar-refractivity contribution in [2.75, 3.05) is 45.8 Å². The van der Waals surface area contributed by atoms with E-state index >= 15 is 0 Å². The minimum absolute atomic E-state index is 0.236. The van der Waals surface area contributed by atoms with E-state index in [1.807, 2.05) is 25.7 Å². The van der Waals surface area contributed by atoms with E-state index in [-0.39, 0.29) is 12.0 Å². The van der Waals surface area contributed by atoms with Gasteiger partial charge in [0.05, 0.1) is 0 Å². The molecule has 0 atom stereocenters. The predicted molar refractivity (Wildman–Crippen MR) is 84.7 cm³/mol. The highest BCUT2D eigenvalue weighted by Gasteiger charge is 2.26. The van der Waals surface area contributed by atoms with Crippen LogP contribution >= 0.6 is 0 Å². The van der Waals surface area contributed by atoms with E-state index in [1.165, 1.54) is 0 Å². The van der Waals surface area contributed by atoms with Crippen molar-refractivity contribution >= 4 is 12.0 Å². The summed E-state index contributed by atoms with van der Waals surface area (Å²) in [6.45, 7) is 11.2. The van der Waals surface area contributed by atoms with Gasteiger partial charge in [-0.15, -0.1) is 0 Å². The van der Waals surface area contributed by atoms with Crippen LogP contribution in [0.15, 0.2) is 0 Å². The normalized spacial score (nSPS) is 20.3. The fourth-order valence-corrected chi connectivity index (χ4v) is 2.86. The van der Waals surface area contributed by atoms with Gasteiger partial charge >= 0.3 is 6.09 Å². The van der Waals surface area contributed by atoms with Crippen LogP contribution in [0.4, 0.5) is 4.79 Å². The molecule has 0 spiro atoms. The van der Waals surface area contributed by atoms with Gasteiger partial charge in [-0.05, 0) is 33.6 Å². The summed E-state index contributed by atoms with van der Waals surface area (Å²) in [7, 11) is 0. The van der Waals surface area contributed by atoms with Crippen LogP contribution in [0.1, 0.15) is 40.0 Å². The Bertz CT molecular complexity index is 392. The monoisotopic (exact) mass is 311 g/mol. The maximum absolute atomic E-state index is 12.0. The highest BCUT2D eigenvalue weighted by atomic mass is 16.6. The molecule has 2 aliphatic heterocycles. The lowest BCUT2D eigenvalue weighted by molar-refractivity contribution is -0.130. The molecule has 126 valence electrons. The molecule has 2 amide bonds. The molecule has 2 fully saturated rings. The van der Waals surface area contributed by atoms with Gasteiger partial charge in [0, 0.05) is 52.2 Å². The molecule has 0 aromatic rings. The molecule has 6 heteroatoms. The molecular formula is C16H29N3O3. The number of hydrogen-bond donors (Lipinski definition) is 0. The molecule has 6 nitrogen and oxygen atoms in total. The molecule has 0 aliphatic carbocycles. The molecule has 2 aliphatic rings. The Morgan fingerprint density at radius 3 is 2.05 bits per heavy atom. The molecule has 0 aromatic heterocycles. The lowest BCUT2D eigenvalue weighted by Gasteiger charge is -2.35. The van der Waals surface area contributed by atoms with Gasteiger partial charge < -0.3 is 14.5 Å². The topological polar surface area (TPSA) is 53.1 Å². The van der Waals surface area contributed by atoms with Crippen molar-refractivity contribution in [3.8, 4) is 0 Å². The van der Waals surface area contributed by atoms with Crippen molar-refractivity contribution in [3.05, 3.63) is 0 Å². The standard InChI is InChI=1S/C16H29N3O3/c1-16(2,3)22-15(21)19-12-10-17(11-13-19)9-6-14(20)18-7-4-5-8-18/h4-13H2,1-3H3. The molecule has 2 saturated heterocycles. The maximum Gasteiger partial charge on any atom is 0.410 e. The Morgan fingerprint density at radius 2 is 1.50 bits per heavy atom. The number of rotatable bonds is 3. The maximum atomic E-state index is 12.0. The third-order valence-corrected chi connectivity index (χ3v) is 4.12. The van der Waals surface area contributed by atoms with Crippen molar-refractivity contribution < 1.29 is 14.3 Å². The zero-order valence-corrected chi connectivity index (χ0v) is 14.1. The quantitative estimate of drug-likeness (QED) is 0.793. The Kier molecular flexibility index (Phi) is 5.67. The number of carbonyl (C=O) groups is 2. The van der Waals surface area contributed by atoms with Crippen molar-refractivity contribution in [3.63, 3.8) is 0 Å². The first-order valence-electron chi connectivity index (χ1n) is 8.33. The van der Waals surface area contributed by atoms with Gasteiger partial charge in [0.25, 0.3) is 0 Å². The first-order valence-corrected chi connectivity index (χ1v) is 8.33. The van der Waals surface area contributed by atoms with Crippen LogP contribution in [0, 0.1) is 0 Å². The molecule has 0 bridgehead atoms. The Labute approximate surface area is 133 Å². The lowest BCUT2D eigenvalue weighted by atomic mass is 10.2. The molecule has 22 heavy (non-hydrogen) atoms. The molecule has 0 radical (unpaired) electrons. The van der Waals surface area contributed by atoms with Gasteiger partial charge in [-0.3, -0.25) is 9.69 Å². The Hall–Kier alpha value is -1.30. The van der Waals surface area contributed by atoms with Crippen LogP contribution in [0.3, 0.4) is 0 Å². The fourth-order valence-electron chi connectivity index (χ4n) is 2.86. The summed E-state index contributed by atoms with van der Waals surface area (Å²) in [4.78, 5) is 30.0. The summed E-state index contributed by atoms with van der Waals surface area (Å²) in [5.41, 5.74) is -0.448. The molecular weight excluding hydrogens is 282 g/mol. The molecule has 0 N–H and O–H groups in total. The van der Waals surface area contributed by atoms with Gasteiger partial charge in [-0.1, -0.05) is 0 Å². The van der Waals surface area contributed by atoms with Crippen LogP contribution < -0.4 is 0 Å². The van der Waals surface area contributed by atoms with E-state index < -0.39 is 5.60 Å². The van der Waals surface area contributed by atoms with Gasteiger partial charge in [-0.2, -0.15) is 0 Å². The van der Waals surface area contributed by atoms with E-state index in [9.17, 15) is 9.59 Å². The Morgan fingerprint density at radius 1 is 0.909 bits per heavy atom. The summed E-state index contributed by atoms with van der Waals surface area (Å²) >= 11 is 0.